The Morgan fingerprint density at radius 1 is 1.50 bits per heavy atom. The summed E-state index contributed by atoms with van der Waals surface area (Å²) in [6.07, 6.45) is 0.738. The lowest BCUT2D eigenvalue weighted by molar-refractivity contribution is 0.0320. The van der Waals surface area contributed by atoms with Gasteiger partial charge in [-0.1, -0.05) is 13.0 Å². The summed E-state index contributed by atoms with van der Waals surface area (Å²) in [5, 5.41) is 9.72. The molecule has 1 aromatic carbocycles. The van der Waals surface area contributed by atoms with Crippen LogP contribution in [0.25, 0.3) is 0 Å². The summed E-state index contributed by atoms with van der Waals surface area (Å²) in [5.74, 6) is 1.22. The van der Waals surface area contributed by atoms with E-state index in [1.807, 2.05) is 6.07 Å². The third-order valence-electron chi connectivity index (χ3n) is 3.57. The summed E-state index contributed by atoms with van der Waals surface area (Å²) in [6, 6.07) is 6.19. The number of ether oxygens (including phenoxy) is 1. The molecule has 1 saturated heterocycles. The lowest BCUT2D eigenvalue weighted by Crippen LogP contribution is -2.41. The predicted octanol–water partition coefficient (Wildman–Crippen LogP) is 2.66. The van der Waals surface area contributed by atoms with Crippen molar-refractivity contribution in [2.75, 3.05) is 20.2 Å². The van der Waals surface area contributed by atoms with Gasteiger partial charge in [0.05, 0.1) is 17.7 Å². The molecule has 100 valence electrons. The van der Waals surface area contributed by atoms with Gasteiger partial charge in [0.15, 0.2) is 0 Å². The number of hydrogen-bond donors (Lipinski definition) is 1. The molecule has 4 heteroatoms. The molecular formula is C14H20BrNO2. The molecule has 0 aliphatic carbocycles. The molecule has 1 aliphatic heterocycles. The van der Waals surface area contributed by atoms with E-state index in [0.29, 0.717) is 5.92 Å². The molecule has 2 atom stereocenters. The zero-order valence-corrected chi connectivity index (χ0v) is 12.5. The van der Waals surface area contributed by atoms with Crippen molar-refractivity contribution in [1.82, 2.24) is 4.90 Å². The van der Waals surface area contributed by atoms with E-state index in [0.717, 1.165) is 36.3 Å². The number of piperidine rings is 1. The van der Waals surface area contributed by atoms with Gasteiger partial charge in [-0.05, 0) is 46.0 Å². The molecule has 0 radical (unpaired) electrons. The lowest BCUT2D eigenvalue weighted by Gasteiger charge is -2.34. The summed E-state index contributed by atoms with van der Waals surface area (Å²) < 4.78 is 6.22. The van der Waals surface area contributed by atoms with Crippen molar-refractivity contribution in [2.24, 2.45) is 5.92 Å². The average Bonchev–Trinajstić information content (AvgIpc) is 2.34. The van der Waals surface area contributed by atoms with E-state index in [9.17, 15) is 5.11 Å². The number of aliphatic hydroxyl groups excluding tert-OH is 1. The molecule has 0 saturated carbocycles. The molecule has 3 nitrogen and oxygen atoms in total. The van der Waals surface area contributed by atoms with Gasteiger partial charge < -0.3 is 9.84 Å². The third kappa shape index (κ3) is 3.25. The van der Waals surface area contributed by atoms with Gasteiger partial charge in [-0.2, -0.15) is 0 Å². The normalized spacial score (nSPS) is 25.1. The molecule has 1 aliphatic rings. The van der Waals surface area contributed by atoms with E-state index >= 15 is 0 Å². The van der Waals surface area contributed by atoms with Crippen LogP contribution in [-0.4, -0.2) is 36.3 Å². The van der Waals surface area contributed by atoms with Crippen LogP contribution in [0.3, 0.4) is 0 Å². The first-order valence-corrected chi connectivity index (χ1v) is 7.12. The minimum absolute atomic E-state index is 0.135. The second kappa shape index (κ2) is 6.04. The minimum atomic E-state index is -0.135. The quantitative estimate of drug-likeness (QED) is 0.931. The maximum Gasteiger partial charge on any atom is 0.133 e. The van der Waals surface area contributed by atoms with Crippen molar-refractivity contribution in [3.63, 3.8) is 0 Å². The standard InChI is InChI=1S/C14H20BrNO2/c1-10-8-16(6-5-13(10)17)9-11-3-4-14(18-2)12(15)7-11/h3-4,7,10,13,17H,5-6,8-9H2,1-2H3. The summed E-state index contributed by atoms with van der Waals surface area (Å²) >= 11 is 3.51. The van der Waals surface area contributed by atoms with E-state index in [-0.39, 0.29) is 6.10 Å². The number of methoxy groups -OCH3 is 1. The fourth-order valence-electron chi connectivity index (χ4n) is 2.43. The van der Waals surface area contributed by atoms with Crippen LogP contribution in [0.1, 0.15) is 18.9 Å². The number of halogens is 1. The van der Waals surface area contributed by atoms with Gasteiger partial charge in [0.2, 0.25) is 0 Å². The fraction of sp³-hybridized carbons (Fsp3) is 0.571. The van der Waals surface area contributed by atoms with Crippen LogP contribution in [0.5, 0.6) is 5.75 Å². The highest BCUT2D eigenvalue weighted by molar-refractivity contribution is 9.10. The molecule has 1 fully saturated rings. The van der Waals surface area contributed by atoms with Gasteiger partial charge in [-0.15, -0.1) is 0 Å². The monoisotopic (exact) mass is 313 g/mol. The van der Waals surface area contributed by atoms with Crippen molar-refractivity contribution < 1.29 is 9.84 Å². The molecule has 18 heavy (non-hydrogen) atoms. The van der Waals surface area contributed by atoms with E-state index < -0.39 is 0 Å². The highest BCUT2D eigenvalue weighted by atomic mass is 79.9. The van der Waals surface area contributed by atoms with Crippen molar-refractivity contribution in [2.45, 2.75) is 26.0 Å². The number of nitrogens with zero attached hydrogens (tertiary/aromatic N) is 1. The van der Waals surface area contributed by atoms with Crippen molar-refractivity contribution >= 4 is 15.9 Å². The number of hydrogen-bond acceptors (Lipinski definition) is 3. The van der Waals surface area contributed by atoms with Crippen LogP contribution in [0.4, 0.5) is 0 Å². The van der Waals surface area contributed by atoms with E-state index in [1.165, 1.54) is 5.56 Å². The second-order valence-corrected chi connectivity index (χ2v) is 5.89. The summed E-state index contributed by atoms with van der Waals surface area (Å²) in [6.45, 7) is 4.97. The third-order valence-corrected chi connectivity index (χ3v) is 4.19. The maximum atomic E-state index is 9.72. The SMILES string of the molecule is COc1ccc(CN2CCC(O)C(C)C2)cc1Br. The van der Waals surface area contributed by atoms with Gasteiger partial charge in [0, 0.05) is 19.6 Å². The number of rotatable bonds is 3. The Hall–Kier alpha value is -0.580. The maximum absolute atomic E-state index is 9.72. The summed E-state index contributed by atoms with van der Waals surface area (Å²) in [7, 11) is 1.67. The van der Waals surface area contributed by atoms with Crippen LogP contribution in [0.2, 0.25) is 0 Å². The van der Waals surface area contributed by atoms with Crippen molar-refractivity contribution in [1.29, 1.82) is 0 Å². The molecule has 0 amide bonds. The highest BCUT2D eigenvalue weighted by Crippen LogP contribution is 2.27. The van der Waals surface area contributed by atoms with Crippen LogP contribution >= 0.6 is 15.9 Å². The van der Waals surface area contributed by atoms with E-state index in [1.54, 1.807) is 7.11 Å². The molecule has 0 aromatic heterocycles. The smallest absolute Gasteiger partial charge is 0.133 e. The van der Waals surface area contributed by atoms with Gasteiger partial charge in [-0.25, -0.2) is 0 Å². The molecule has 1 heterocycles. The minimum Gasteiger partial charge on any atom is -0.496 e. The second-order valence-electron chi connectivity index (χ2n) is 5.04. The summed E-state index contributed by atoms with van der Waals surface area (Å²) in [4.78, 5) is 2.39. The number of aliphatic hydroxyl groups is 1. The topological polar surface area (TPSA) is 32.7 Å². The lowest BCUT2D eigenvalue weighted by atomic mass is 9.96. The van der Waals surface area contributed by atoms with Crippen LogP contribution in [-0.2, 0) is 6.54 Å². The van der Waals surface area contributed by atoms with E-state index in [2.05, 4.69) is 39.9 Å². The molecule has 0 bridgehead atoms. The fourth-order valence-corrected chi connectivity index (χ4v) is 3.02. The molecule has 1 aromatic rings. The first-order chi connectivity index (χ1) is 8.60. The molecule has 0 spiro atoms. The number of likely N-dealkylation sites (tertiary alicyclic amines) is 1. The van der Waals surface area contributed by atoms with Gasteiger partial charge in [0.25, 0.3) is 0 Å². The Labute approximate surface area is 117 Å². The van der Waals surface area contributed by atoms with Gasteiger partial charge in [-0.3, -0.25) is 4.90 Å². The molecular weight excluding hydrogens is 294 g/mol. The Balaban J connectivity index is 1.99. The predicted molar refractivity (Wildman–Crippen MR) is 75.8 cm³/mol. The zero-order chi connectivity index (χ0) is 13.1. The molecule has 2 rings (SSSR count). The van der Waals surface area contributed by atoms with Gasteiger partial charge in [0.1, 0.15) is 5.75 Å². The Bertz CT molecular complexity index is 411. The highest BCUT2D eigenvalue weighted by Gasteiger charge is 2.24. The van der Waals surface area contributed by atoms with Crippen LogP contribution in [0, 0.1) is 5.92 Å². The van der Waals surface area contributed by atoms with Crippen LogP contribution in [0.15, 0.2) is 22.7 Å². The number of benzene rings is 1. The molecule has 1 N–H and O–H groups in total. The largest absolute Gasteiger partial charge is 0.496 e. The van der Waals surface area contributed by atoms with Crippen molar-refractivity contribution in [3.8, 4) is 5.75 Å². The first kappa shape index (κ1) is 13.8. The van der Waals surface area contributed by atoms with Crippen molar-refractivity contribution in [3.05, 3.63) is 28.2 Å². The Morgan fingerprint density at radius 2 is 2.28 bits per heavy atom. The summed E-state index contributed by atoms with van der Waals surface area (Å²) in [5.41, 5.74) is 1.27. The Kier molecular flexibility index (Phi) is 4.65. The van der Waals surface area contributed by atoms with Crippen LogP contribution < -0.4 is 4.74 Å². The average molecular weight is 314 g/mol. The first-order valence-electron chi connectivity index (χ1n) is 6.33. The van der Waals surface area contributed by atoms with E-state index in [4.69, 9.17) is 4.74 Å². The Morgan fingerprint density at radius 3 is 2.89 bits per heavy atom. The molecule has 2 unspecified atom stereocenters. The van der Waals surface area contributed by atoms with Gasteiger partial charge >= 0.3 is 0 Å². The zero-order valence-electron chi connectivity index (χ0n) is 10.9.